The number of allylic oxidation sites excluding steroid dienone is 2. The van der Waals surface area contributed by atoms with Crippen LogP contribution in [0.25, 0.3) is 17.1 Å². The first-order chi connectivity index (χ1) is 21.6. The first-order valence-corrected chi connectivity index (χ1v) is 15.7. The van der Waals surface area contributed by atoms with Gasteiger partial charge in [0.1, 0.15) is 17.9 Å². The van der Waals surface area contributed by atoms with Gasteiger partial charge in [-0.3, -0.25) is 9.63 Å². The number of halogens is 3. The third-order valence-electron chi connectivity index (χ3n) is 10.7. The molecule has 3 N–H and O–H groups in total. The van der Waals surface area contributed by atoms with Gasteiger partial charge in [0.05, 0.1) is 49.3 Å². The minimum Gasteiger partial charge on any atom is -0.496 e. The highest BCUT2D eigenvalue weighted by atomic mass is 19.4. The van der Waals surface area contributed by atoms with E-state index in [1.54, 1.807) is 20.0 Å². The largest absolute Gasteiger partial charge is 0.496 e. The molecule has 0 radical (unpaired) electrons. The molecule has 1 saturated heterocycles. The summed E-state index contributed by atoms with van der Waals surface area (Å²) in [5.74, 6) is 0.443. The number of hydrogen-bond acceptors (Lipinski definition) is 7. The fourth-order valence-electron chi connectivity index (χ4n) is 7.96. The molecule has 46 heavy (non-hydrogen) atoms. The molecule has 2 heterocycles. The number of imidazole rings is 1. The number of carbonyl (C=O) groups excluding carboxylic acids is 1. The number of aliphatic hydroxyl groups excluding tert-OH is 2. The molecule has 1 aromatic carbocycles. The SMILES string of the molecule is C=C/C=C(CN1O[C@@H](CO)[C@H]([C@H](C)O)[C@H]1C(=O)N[C@H]1C[C@H]2C[C@@H]([C@@H]1C)C2(C)C)\C(=C\c1cc(C(F)(F)F)cc2c1ncn2C)OC. The third kappa shape index (κ3) is 6.12. The van der Waals surface area contributed by atoms with E-state index in [4.69, 9.17) is 9.57 Å². The van der Waals surface area contributed by atoms with Gasteiger partial charge in [0.15, 0.2) is 0 Å². The number of aliphatic hydroxyl groups is 2. The van der Waals surface area contributed by atoms with Crippen LogP contribution in [-0.4, -0.2) is 75.3 Å². The van der Waals surface area contributed by atoms with Crippen LogP contribution in [-0.2, 0) is 27.6 Å². The van der Waals surface area contributed by atoms with Crippen LogP contribution in [0.1, 0.15) is 51.7 Å². The molecule has 252 valence electrons. The van der Waals surface area contributed by atoms with Gasteiger partial charge in [0.2, 0.25) is 5.91 Å². The van der Waals surface area contributed by atoms with Gasteiger partial charge in [-0.2, -0.15) is 18.2 Å². The average molecular weight is 647 g/mol. The second-order valence-electron chi connectivity index (χ2n) is 13.7. The molecule has 0 unspecified atom stereocenters. The van der Waals surface area contributed by atoms with Gasteiger partial charge in [-0.15, -0.1) is 0 Å². The zero-order valence-electron chi connectivity index (χ0n) is 27.2. The van der Waals surface area contributed by atoms with Gasteiger partial charge in [-0.25, -0.2) is 4.98 Å². The van der Waals surface area contributed by atoms with Crippen molar-refractivity contribution in [1.29, 1.82) is 0 Å². The molecule has 6 rings (SSSR count). The van der Waals surface area contributed by atoms with Gasteiger partial charge < -0.3 is 24.8 Å². The van der Waals surface area contributed by atoms with Crippen molar-refractivity contribution >= 4 is 23.0 Å². The molecule has 3 saturated carbocycles. The van der Waals surface area contributed by atoms with Crippen LogP contribution in [0.15, 0.2) is 48.5 Å². The molecule has 4 aliphatic rings. The van der Waals surface area contributed by atoms with E-state index in [9.17, 15) is 28.2 Å². The first kappa shape index (κ1) is 34.2. The van der Waals surface area contributed by atoms with Crippen molar-refractivity contribution in [2.24, 2.45) is 36.1 Å². The summed E-state index contributed by atoms with van der Waals surface area (Å²) in [4.78, 5) is 24.5. The zero-order chi connectivity index (χ0) is 33.7. The van der Waals surface area contributed by atoms with Crippen molar-refractivity contribution in [3.8, 4) is 0 Å². The summed E-state index contributed by atoms with van der Waals surface area (Å²) in [6.07, 6.45) is 1.63. The molecule has 2 bridgehead atoms. The molecule has 8 atom stereocenters. The van der Waals surface area contributed by atoms with Crippen molar-refractivity contribution in [2.75, 3.05) is 20.3 Å². The number of hydrogen-bond donors (Lipinski definition) is 3. The number of benzene rings is 1. The number of rotatable bonds is 10. The van der Waals surface area contributed by atoms with Gasteiger partial charge >= 0.3 is 6.18 Å². The van der Waals surface area contributed by atoms with Crippen molar-refractivity contribution in [3.05, 3.63) is 59.7 Å². The van der Waals surface area contributed by atoms with Gasteiger partial charge in [0, 0.05) is 30.1 Å². The van der Waals surface area contributed by atoms with E-state index in [1.807, 2.05) is 0 Å². The molecular formula is C34H45F3N4O5. The van der Waals surface area contributed by atoms with E-state index in [-0.39, 0.29) is 41.1 Å². The lowest BCUT2D eigenvalue weighted by Gasteiger charge is -2.62. The molecule has 1 amide bonds. The molecule has 3 aliphatic carbocycles. The quantitative estimate of drug-likeness (QED) is 0.250. The molecule has 12 heteroatoms. The minimum atomic E-state index is -4.58. The van der Waals surface area contributed by atoms with E-state index in [2.05, 4.69) is 37.7 Å². The predicted molar refractivity (Wildman–Crippen MR) is 168 cm³/mol. The molecule has 1 aromatic heterocycles. The van der Waals surface area contributed by atoms with E-state index >= 15 is 0 Å². The minimum absolute atomic E-state index is 0.0340. The van der Waals surface area contributed by atoms with Crippen molar-refractivity contribution in [3.63, 3.8) is 0 Å². The third-order valence-corrected chi connectivity index (χ3v) is 10.7. The number of aromatic nitrogens is 2. The summed E-state index contributed by atoms with van der Waals surface area (Å²) in [6.45, 7) is 11.6. The Hall–Kier alpha value is -3.19. The Morgan fingerprint density at radius 3 is 2.61 bits per heavy atom. The van der Waals surface area contributed by atoms with Gasteiger partial charge in [-0.1, -0.05) is 39.5 Å². The fourth-order valence-corrected chi connectivity index (χ4v) is 7.96. The van der Waals surface area contributed by atoms with Crippen LogP contribution in [0.3, 0.4) is 0 Å². The topological polar surface area (TPSA) is 109 Å². The highest BCUT2D eigenvalue weighted by molar-refractivity contribution is 5.87. The summed E-state index contributed by atoms with van der Waals surface area (Å²) in [6, 6.07) is 1.08. The lowest BCUT2D eigenvalue weighted by Crippen LogP contribution is -2.62. The van der Waals surface area contributed by atoms with Crippen molar-refractivity contribution in [1.82, 2.24) is 19.9 Å². The van der Waals surface area contributed by atoms with E-state index in [1.165, 1.54) is 35.2 Å². The number of hydroxylamine groups is 2. The average Bonchev–Trinajstić information content (AvgIpc) is 3.56. The van der Waals surface area contributed by atoms with Gasteiger partial charge in [-0.05, 0) is 61.1 Å². The van der Waals surface area contributed by atoms with Crippen molar-refractivity contribution in [2.45, 2.75) is 71.0 Å². The second kappa shape index (κ2) is 12.8. The summed E-state index contributed by atoms with van der Waals surface area (Å²) >= 11 is 0. The summed E-state index contributed by atoms with van der Waals surface area (Å²) in [5.41, 5.74) is 0.707. The number of alkyl halides is 3. The highest BCUT2D eigenvalue weighted by Gasteiger charge is 2.57. The predicted octanol–water partition coefficient (Wildman–Crippen LogP) is 4.85. The number of methoxy groups -OCH3 is 1. The summed E-state index contributed by atoms with van der Waals surface area (Å²) < 4.78 is 48.7. The Bertz CT molecular complexity index is 1530. The normalized spacial score (nSPS) is 30.6. The maximum atomic E-state index is 14.1. The number of nitrogens with zero attached hydrogens (tertiary/aromatic N) is 3. The summed E-state index contributed by atoms with van der Waals surface area (Å²) in [5, 5.41) is 25.6. The lowest BCUT2D eigenvalue weighted by atomic mass is 9.45. The van der Waals surface area contributed by atoms with Crippen LogP contribution in [0, 0.1) is 29.1 Å². The van der Waals surface area contributed by atoms with Crippen LogP contribution in [0.2, 0.25) is 0 Å². The Labute approximate surface area is 267 Å². The maximum absolute atomic E-state index is 14.1. The Morgan fingerprint density at radius 1 is 1.33 bits per heavy atom. The molecular weight excluding hydrogens is 601 g/mol. The Morgan fingerprint density at radius 2 is 2.04 bits per heavy atom. The lowest BCUT2D eigenvalue weighted by molar-refractivity contribution is -0.173. The van der Waals surface area contributed by atoms with Crippen LogP contribution < -0.4 is 5.32 Å². The fraction of sp³-hybridized carbons (Fsp3) is 0.588. The maximum Gasteiger partial charge on any atom is 0.416 e. The van der Waals surface area contributed by atoms with Gasteiger partial charge in [0.25, 0.3) is 0 Å². The molecule has 4 fully saturated rings. The van der Waals surface area contributed by atoms with E-state index in [0.717, 1.165) is 25.0 Å². The zero-order valence-corrected chi connectivity index (χ0v) is 27.2. The highest BCUT2D eigenvalue weighted by Crippen LogP contribution is 2.61. The first-order valence-electron chi connectivity index (χ1n) is 15.7. The summed E-state index contributed by atoms with van der Waals surface area (Å²) in [7, 11) is 3.01. The van der Waals surface area contributed by atoms with Crippen LogP contribution in [0.5, 0.6) is 0 Å². The van der Waals surface area contributed by atoms with Crippen molar-refractivity contribution < 1.29 is 37.8 Å². The number of aryl methyl sites for hydroxylation is 1. The molecule has 9 nitrogen and oxygen atoms in total. The Balaban J connectivity index is 1.47. The second-order valence-corrected chi connectivity index (χ2v) is 13.7. The molecule has 1 aliphatic heterocycles. The van der Waals surface area contributed by atoms with E-state index in [0.29, 0.717) is 28.4 Å². The van der Waals surface area contributed by atoms with Crippen LogP contribution in [0.4, 0.5) is 13.2 Å². The number of nitrogens with one attached hydrogen (secondary N) is 1. The molecule has 2 aromatic rings. The number of amides is 1. The number of carbonyl (C=O) groups is 1. The number of fused-ring (bicyclic) bond motifs is 3. The standard InChI is InChI=1S/C34H45F3N4O5/c1-8-9-20(27(45-7)11-21-10-23(34(35,36)37)14-26-30(21)38-17-40(26)6)15-41-31(29(19(3)43)28(16-42)46-41)32(44)39-25-13-22-12-24(18(25)2)33(22,4)5/h8-11,14,17-19,22,24-25,28-29,31,42-43H,1,12-13,15-16H2,2-7H3,(H,39,44)/b20-9-,27-11-/t18-,19-,22+,24-,25-,28-,29-,31-/m0/s1. The molecule has 0 spiro atoms. The van der Waals surface area contributed by atoms with E-state index < -0.39 is 42.5 Å². The number of ether oxygens (including phenoxy) is 1. The monoisotopic (exact) mass is 646 g/mol. The Kier molecular flexibility index (Phi) is 9.49. The van der Waals surface area contributed by atoms with Crippen LogP contribution >= 0.6 is 0 Å². The smallest absolute Gasteiger partial charge is 0.416 e.